The summed E-state index contributed by atoms with van der Waals surface area (Å²) in [7, 11) is -1.90. The zero-order chi connectivity index (χ0) is 15.6. The van der Waals surface area contributed by atoms with Crippen LogP contribution in [0.5, 0.6) is 0 Å². The minimum Gasteiger partial charge on any atom is -0.399 e. The summed E-state index contributed by atoms with van der Waals surface area (Å²) < 4.78 is 27.4. The summed E-state index contributed by atoms with van der Waals surface area (Å²) in [4.78, 5) is 2.56. The average molecular weight is 376 g/mol. The Morgan fingerprint density at radius 2 is 2.19 bits per heavy atom. The first-order valence-electron chi connectivity index (χ1n) is 7.11. The molecule has 2 N–H and O–H groups in total. The summed E-state index contributed by atoms with van der Waals surface area (Å²) in [6.45, 7) is 4.64. The van der Waals surface area contributed by atoms with Gasteiger partial charge in [-0.2, -0.15) is 4.31 Å². The van der Waals surface area contributed by atoms with Crippen LogP contribution in [0.3, 0.4) is 0 Å². The highest BCUT2D eigenvalue weighted by Crippen LogP contribution is 2.27. The number of nitrogens with zero attached hydrogens (tertiary/aromatic N) is 2. The fourth-order valence-corrected chi connectivity index (χ4v) is 4.96. The van der Waals surface area contributed by atoms with Crippen molar-refractivity contribution in [2.24, 2.45) is 0 Å². The van der Waals surface area contributed by atoms with E-state index in [9.17, 15) is 8.42 Å². The van der Waals surface area contributed by atoms with Crippen molar-refractivity contribution in [3.8, 4) is 0 Å². The van der Waals surface area contributed by atoms with Crippen molar-refractivity contribution in [2.75, 3.05) is 32.4 Å². The summed E-state index contributed by atoms with van der Waals surface area (Å²) in [6.07, 6.45) is 2.18. The lowest BCUT2D eigenvalue weighted by atomic mass is 10.2. The molecule has 0 radical (unpaired) electrons. The number of hydrogen-bond donors (Lipinski definition) is 1. The average Bonchev–Trinajstić information content (AvgIpc) is 2.88. The van der Waals surface area contributed by atoms with Crippen molar-refractivity contribution in [2.45, 2.75) is 30.7 Å². The van der Waals surface area contributed by atoms with Crippen molar-refractivity contribution in [3.05, 3.63) is 22.7 Å². The van der Waals surface area contributed by atoms with E-state index >= 15 is 0 Å². The van der Waals surface area contributed by atoms with Gasteiger partial charge in [-0.3, -0.25) is 4.90 Å². The molecular weight excluding hydrogens is 354 g/mol. The molecule has 5 nitrogen and oxygen atoms in total. The molecule has 118 valence electrons. The standard InChI is InChI=1S/C14H22BrN3O2S/c1-3-18-8-4-5-12(18)10-17(2)21(19,20)14-9-11(16)6-7-13(14)15/h6-7,9,12H,3-5,8,10,16H2,1-2H3. The Hall–Kier alpha value is -0.630. The molecule has 1 aliphatic heterocycles. The van der Waals surface area contributed by atoms with Gasteiger partial charge in [0.1, 0.15) is 0 Å². The molecule has 2 rings (SSSR count). The van der Waals surface area contributed by atoms with Crippen LogP contribution in [0, 0.1) is 0 Å². The lowest BCUT2D eigenvalue weighted by Crippen LogP contribution is -2.41. The molecule has 1 atom stereocenters. The topological polar surface area (TPSA) is 66.6 Å². The Morgan fingerprint density at radius 1 is 1.48 bits per heavy atom. The molecule has 0 amide bonds. The molecule has 0 bridgehead atoms. The Labute approximate surface area is 135 Å². The van der Waals surface area contributed by atoms with Crippen molar-refractivity contribution >= 4 is 31.6 Å². The van der Waals surface area contributed by atoms with Gasteiger partial charge in [-0.25, -0.2) is 8.42 Å². The highest BCUT2D eigenvalue weighted by molar-refractivity contribution is 9.10. The summed E-state index contributed by atoms with van der Waals surface area (Å²) in [5.41, 5.74) is 6.17. The number of hydrogen-bond acceptors (Lipinski definition) is 4. The number of likely N-dealkylation sites (N-methyl/N-ethyl adjacent to an activating group) is 2. The van der Waals surface area contributed by atoms with Gasteiger partial charge in [0.15, 0.2) is 0 Å². The van der Waals surface area contributed by atoms with E-state index < -0.39 is 10.0 Å². The second-order valence-electron chi connectivity index (χ2n) is 5.40. The van der Waals surface area contributed by atoms with Crippen molar-refractivity contribution < 1.29 is 8.42 Å². The summed E-state index contributed by atoms with van der Waals surface area (Å²) in [6, 6.07) is 5.15. The molecular formula is C14H22BrN3O2S. The number of sulfonamides is 1. The number of likely N-dealkylation sites (tertiary alicyclic amines) is 1. The van der Waals surface area contributed by atoms with Gasteiger partial charge in [0.2, 0.25) is 10.0 Å². The minimum absolute atomic E-state index is 0.228. The molecule has 1 aliphatic rings. The normalized spacial score (nSPS) is 20.3. The number of halogens is 1. The third kappa shape index (κ3) is 3.59. The molecule has 1 aromatic rings. The van der Waals surface area contributed by atoms with Gasteiger partial charge in [-0.15, -0.1) is 0 Å². The van der Waals surface area contributed by atoms with Crippen LogP contribution in [0.1, 0.15) is 19.8 Å². The molecule has 1 fully saturated rings. The Bertz CT molecular complexity index is 606. The molecule has 1 unspecified atom stereocenters. The zero-order valence-electron chi connectivity index (χ0n) is 12.4. The van der Waals surface area contributed by atoms with Crippen molar-refractivity contribution in [1.29, 1.82) is 0 Å². The smallest absolute Gasteiger partial charge is 0.244 e. The molecule has 21 heavy (non-hydrogen) atoms. The Balaban J connectivity index is 2.20. The molecule has 7 heteroatoms. The zero-order valence-corrected chi connectivity index (χ0v) is 14.8. The van der Waals surface area contributed by atoms with Crippen LogP contribution in [-0.2, 0) is 10.0 Å². The minimum atomic E-state index is -3.53. The first-order chi connectivity index (χ1) is 9.86. The van der Waals surface area contributed by atoms with Crippen molar-refractivity contribution in [3.63, 3.8) is 0 Å². The van der Waals surface area contributed by atoms with E-state index in [-0.39, 0.29) is 4.90 Å². The van der Waals surface area contributed by atoms with E-state index in [1.54, 1.807) is 19.2 Å². The number of nitrogens with two attached hydrogens (primary N) is 1. The number of anilines is 1. The van der Waals surface area contributed by atoms with E-state index in [2.05, 4.69) is 27.8 Å². The van der Waals surface area contributed by atoms with Crippen LogP contribution >= 0.6 is 15.9 Å². The first-order valence-corrected chi connectivity index (χ1v) is 9.35. The molecule has 1 aromatic carbocycles. The molecule has 1 heterocycles. The predicted octanol–water partition coefficient (Wildman–Crippen LogP) is 2.14. The van der Waals surface area contributed by atoms with Gasteiger partial charge in [-0.05, 0) is 60.1 Å². The third-order valence-corrected chi connectivity index (χ3v) is 6.83. The van der Waals surface area contributed by atoms with E-state index in [1.807, 2.05) is 0 Å². The fraction of sp³-hybridized carbons (Fsp3) is 0.571. The summed E-state index contributed by atoms with van der Waals surface area (Å²) in [5, 5.41) is 0. The Morgan fingerprint density at radius 3 is 2.86 bits per heavy atom. The second kappa shape index (κ2) is 6.64. The lowest BCUT2D eigenvalue weighted by Gasteiger charge is -2.27. The molecule has 0 aliphatic carbocycles. The predicted molar refractivity (Wildman–Crippen MR) is 88.6 cm³/mol. The number of rotatable bonds is 5. The van der Waals surface area contributed by atoms with E-state index in [1.165, 1.54) is 10.4 Å². The van der Waals surface area contributed by atoms with Gasteiger partial charge in [-0.1, -0.05) is 6.92 Å². The van der Waals surface area contributed by atoms with Gasteiger partial charge in [0.25, 0.3) is 0 Å². The third-order valence-electron chi connectivity index (χ3n) is 4.02. The highest BCUT2D eigenvalue weighted by Gasteiger charge is 2.30. The summed E-state index contributed by atoms with van der Waals surface area (Å²) in [5.74, 6) is 0. The van der Waals surface area contributed by atoms with Gasteiger partial charge >= 0.3 is 0 Å². The fourth-order valence-electron chi connectivity index (χ4n) is 2.80. The van der Waals surface area contributed by atoms with Crippen LogP contribution < -0.4 is 5.73 Å². The van der Waals surface area contributed by atoms with Gasteiger partial charge in [0, 0.05) is 29.8 Å². The van der Waals surface area contributed by atoms with Crippen LogP contribution in [0.15, 0.2) is 27.6 Å². The highest BCUT2D eigenvalue weighted by atomic mass is 79.9. The maximum absolute atomic E-state index is 12.7. The molecule has 0 aromatic heterocycles. The van der Waals surface area contributed by atoms with Crippen LogP contribution in [-0.4, -0.2) is 50.3 Å². The van der Waals surface area contributed by atoms with E-state index in [4.69, 9.17) is 5.73 Å². The van der Waals surface area contributed by atoms with Crippen LogP contribution in [0.25, 0.3) is 0 Å². The Kier molecular flexibility index (Phi) is 5.29. The molecule has 0 saturated carbocycles. The largest absolute Gasteiger partial charge is 0.399 e. The molecule has 0 spiro atoms. The lowest BCUT2D eigenvalue weighted by molar-refractivity contribution is 0.237. The van der Waals surface area contributed by atoms with Crippen LogP contribution in [0.2, 0.25) is 0 Å². The first kappa shape index (κ1) is 16.7. The van der Waals surface area contributed by atoms with Crippen LogP contribution in [0.4, 0.5) is 5.69 Å². The van der Waals surface area contributed by atoms with Crippen molar-refractivity contribution in [1.82, 2.24) is 9.21 Å². The van der Waals surface area contributed by atoms with Gasteiger partial charge in [0.05, 0.1) is 4.90 Å². The number of benzene rings is 1. The van der Waals surface area contributed by atoms with Gasteiger partial charge < -0.3 is 5.73 Å². The van der Waals surface area contributed by atoms with E-state index in [0.29, 0.717) is 22.7 Å². The quantitative estimate of drug-likeness (QED) is 0.800. The second-order valence-corrected chi connectivity index (χ2v) is 8.27. The maximum atomic E-state index is 12.7. The molecule has 1 saturated heterocycles. The maximum Gasteiger partial charge on any atom is 0.244 e. The SMILES string of the molecule is CCN1CCCC1CN(C)S(=O)(=O)c1cc(N)ccc1Br. The summed E-state index contributed by atoms with van der Waals surface area (Å²) >= 11 is 3.30. The monoisotopic (exact) mass is 375 g/mol. The van der Waals surface area contributed by atoms with E-state index in [0.717, 1.165) is 25.9 Å². The number of nitrogen functional groups attached to an aromatic ring is 1.